The Morgan fingerprint density at radius 3 is 2.13 bits per heavy atom. The van der Waals surface area contributed by atoms with Crippen molar-refractivity contribution >= 4 is 21.6 Å². The van der Waals surface area contributed by atoms with Crippen molar-refractivity contribution in [1.82, 2.24) is 5.32 Å². The molecule has 30 heavy (non-hydrogen) atoms. The van der Waals surface area contributed by atoms with Gasteiger partial charge in [-0.25, -0.2) is 8.42 Å². The van der Waals surface area contributed by atoms with Crippen LogP contribution in [0.4, 0.5) is 5.69 Å². The van der Waals surface area contributed by atoms with Crippen LogP contribution in [0.3, 0.4) is 0 Å². The minimum absolute atomic E-state index is 0.190. The number of hydrogen-bond donors (Lipinski definition) is 1. The summed E-state index contributed by atoms with van der Waals surface area (Å²) in [5, 5.41) is 3.09. The lowest BCUT2D eigenvalue weighted by molar-refractivity contribution is -0.123. The van der Waals surface area contributed by atoms with Crippen molar-refractivity contribution in [3.8, 4) is 5.75 Å². The maximum atomic E-state index is 13.3. The number of hydrogen-bond acceptors (Lipinski definition) is 4. The molecule has 0 radical (unpaired) electrons. The van der Waals surface area contributed by atoms with Crippen LogP contribution in [0.5, 0.6) is 5.75 Å². The summed E-state index contributed by atoms with van der Waals surface area (Å²) >= 11 is 0. The second-order valence-corrected chi connectivity index (χ2v) is 9.64. The van der Waals surface area contributed by atoms with Crippen molar-refractivity contribution in [3.63, 3.8) is 0 Å². The lowest BCUT2D eigenvalue weighted by atomic mass is 9.96. The molecule has 0 aliphatic carbocycles. The molecule has 0 aliphatic heterocycles. The fraction of sp³-hybridized carbons (Fsp3) is 0.435. The Labute approximate surface area is 180 Å². The van der Waals surface area contributed by atoms with Crippen LogP contribution < -0.4 is 14.4 Å². The molecule has 2 aromatic carbocycles. The molecular weight excluding hydrogens is 400 g/mol. The summed E-state index contributed by atoms with van der Waals surface area (Å²) in [5.41, 5.74) is 1.44. The fourth-order valence-electron chi connectivity index (χ4n) is 3.49. The number of ether oxygens (including phenoxy) is 1. The van der Waals surface area contributed by atoms with Crippen LogP contribution in [-0.4, -0.2) is 33.7 Å². The molecule has 0 heterocycles. The Kier molecular flexibility index (Phi) is 8.29. The molecule has 2 atom stereocenters. The maximum Gasteiger partial charge on any atom is 0.244 e. The Morgan fingerprint density at radius 2 is 1.67 bits per heavy atom. The summed E-state index contributed by atoms with van der Waals surface area (Å²) in [4.78, 5) is 13.3. The number of amides is 1. The SMILES string of the molecule is CC[C@H](C(=O)N[C@H](CC(C)C)c1ccccc1)N(c1ccc(OC)cc1)S(C)(=O)=O. The molecule has 0 saturated heterocycles. The van der Waals surface area contributed by atoms with Gasteiger partial charge in [-0.2, -0.15) is 0 Å². The van der Waals surface area contributed by atoms with Crippen LogP contribution in [0.1, 0.15) is 45.2 Å². The second kappa shape index (κ2) is 10.5. The third-order valence-electron chi connectivity index (χ3n) is 4.88. The number of carbonyl (C=O) groups is 1. The van der Waals surface area contributed by atoms with E-state index in [1.807, 2.05) is 37.3 Å². The van der Waals surface area contributed by atoms with Crippen molar-refractivity contribution in [2.45, 2.75) is 45.7 Å². The molecule has 1 N–H and O–H groups in total. The smallest absolute Gasteiger partial charge is 0.244 e. The van der Waals surface area contributed by atoms with Gasteiger partial charge in [-0.05, 0) is 48.6 Å². The van der Waals surface area contributed by atoms with Gasteiger partial charge in [-0.15, -0.1) is 0 Å². The summed E-state index contributed by atoms with van der Waals surface area (Å²) in [6.07, 6.45) is 2.22. The summed E-state index contributed by atoms with van der Waals surface area (Å²) in [5.74, 6) is 0.669. The molecule has 164 valence electrons. The van der Waals surface area contributed by atoms with Crippen molar-refractivity contribution < 1.29 is 17.9 Å². The Morgan fingerprint density at radius 1 is 1.07 bits per heavy atom. The van der Waals surface area contributed by atoms with Crippen LogP contribution in [0.2, 0.25) is 0 Å². The zero-order valence-electron chi connectivity index (χ0n) is 18.3. The number of sulfonamides is 1. The zero-order chi connectivity index (χ0) is 22.3. The monoisotopic (exact) mass is 432 g/mol. The molecule has 1 amide bonds. The first-order valence-electron chi connectivity index (χ1n) is 10.2. The molecule has 0 aliphatic rings. The predicted octanol–water partition coefficient (Wildman–Crippen LogP) is 4.14. The van der Waals surface area contributed by atoms with E-state index < -0.39 is 16.1 Å². The van der Waals surface area contributed by atoms with Crippen LogP contribution in [0.25, 0.3) is 0 Å². The van der Waals surface area contributed by atoms with E-state index in [0.717, 1.165) is 18.2 Å². The highest BCUT2D eigenvalue weighted by atomic mass is 32.2. The van der Waals surface area contributed by atoms with E-state index >= 15 is 0 Å². The maximum absolute atomic E-state index is 13.3. The van der Waals surface area contributed by atoms with Gasteiger partial charge in [0.1, 0.15) is 11.8 Å². The quantitative estimate of drug-likeness (QED) is 0.612. The molecule has 0 aromatic heterocycles. The van der Waals surface area contributed by atoms with Crippen LogP contribution in [0.15, 0.2) is 54.6 Å². The number of methoxy groups -OCH3 is 1. The fourth-order valence-corrected chi connectivity index (χ4v) is 4.70. The highest BCUT2D eigenvalue weighted by Crippen LogP contribution is 2.27. The number of nitrogens with one attached hydrogen (secondary N) is 1. The van der Waals surface area contributed by atoms with E-state index in [9.17, 15) is 13.2 Å². The van der Waals surface area contributed by atoms with E-state index in [-0.39, 0.29) is 11.9 Å². The summed E-state index contributed by atoms with van der Waals surface area (Å²) in [6.45, 7) is 6.01. The second-order valence-electron chi connectivity index (χ2n) is 7.78. The molecule has 0 saturated carbocycles. The predicted molar refractivity (Wildman–Crippen MR) is 121 cm³/mol. The highest BCUT2D eigenvalue weighted by molar-refractivity contribution is 7.92. The van der Waals surface area contributed by atoms with Gasteiger partial charge in [-0.1, -0.05) is 51.1 Å². The van der Waals surface area contributed by atoms with Gasteiger partial charge in [0.15, 0.2) is 0 Å². The first-order chi connectivity index (χ1) is 14.2. The lowest BCUT2D eigenvalue weighted by Gasteiger charge is -2.32. The van der Waals surface area contributed by atoms with E-state index in [4.69, 9.17) is 4.74 Å². The summed E-state index contributed by atoms with van der Waals surface area (Å²) in [6, 6.07) is 15.4. The van der Waals surface area contributed by atoms with E-state index in [1.165, 1.54) is 4.31 Å². The molecule has 0 fully saturated rings. The minimum atomic E-state index is -3.69. The normalized spacial score (nSPS) is 13.5. The topological polar surface area (TPSA) is 75.7 Å². The first-order valence-corrected chi connectivity index (χ1v) is 12.0. The van der Waals surface area contributed by atoms with Crippen LogP contribution in [-0.2, 0) is 14.8 Å². The van der Waals surface area contributed by atoms with Gasteiger partial charge in [0.25, 0.3) is 0 Å². The number of carbonyl (C=O) groups excluding carboxylic acids is 1. The standard InChI is InChI=1S/C23H32N2O4S/c1-6-22(25(30(5,27)28)19-12-14-20(29-4)15-13-19)23(26)24-21(16-17(2)3)18-10-8-7-9-11-18/h7-15,17,21-22H,6,16H2,1-5H3,(H,24,26)/t21-,22-/m1/s1. The van der Waals surface area contributed by atoms with Gasteiger partial charge < -0.3 is 10.1 Å². The van der Waals surface area contributed by atoms with Crippen molar-refractivity contribution in [2.24, 2.45) is 5.92 Å². The Bertz CT molecular complexity index is 912. The third-order valence-corrected chi connectivity index (χ3v) is 6.06. The van der Waals surface area contributed by atoms with E-state index in [2.05, 4.69) is 19.2 Å². The van der Waals surface area contributed by atoms with E-state index in [1.54, 1.807) is 31.4 Å². The van der Waals surface area contributed by atoms with Crippen LogP contribution in [0, 0.1) is 5.92 Å². The molecule has 0 spiro atoms. The Balaban J connectivity index is 2.35. The highest BCUT2D eigenvalue weighted by Gasteiger charge is 2.32. The molecule has 0 bridgehead atoms. The Hall–Kier alpha value is -2.54. The number of benzene rings is 2. The third kappa shape index (κ3) is 6.23. The molecular formula is C23H32N2O4S. The first kappa shape index (κ1) is 23.7. The minimum Gasteiger partial charge on any atom is -0.497 e. The zero-order valence-corrected chi connectivity index (χ0v) is 19.1. The van der Waals surface area contributed by atoms with Gasteiger partial charge >= 0.3 is 0 Å². The van der Waals surface area contributed by atoms with Crippen molar-refractivity contribution in [2.75, 3.05) is 17.7 Å². The van der Waals surface area contributed by atoms with Crippen LogP contribution >= 0.6 is 0 Å². The van der Waals surface area contributed by atoms with Gasteiger partial charge in [0.05, 0.1) is 25.1 Å². The lowest BCUT2D eigenvalue weighted by Crippen LogP contribution is -2.50. The van der Waals surface area contributed by atoms with Crippen molar-refractivity contribution in [3.05, 3.63) is 60.2 Å². The summed E-state index contributed by atoms with van der Waals surface area (Å²) < 4.78 is 31.6. The molecule has 7 heteroatoms. The van der Waals surface area contributed by atoms with Gasteiger partial charge in [0, 0.05) is 0 Å². The average molecular weight is 433 g/mol. The average Bonchev–Trinajstić information content (AvgIpc) is 2.71. The van der Waals surface area contributed by atoms with Crippen molar-refractivity contribution in [1.29, 1.82) is 0 Å². The van der Waals surface area contributed by atoms with Gasteiger partial charge in [-0.3, -0.25) is 9.10 Å². The molecule has 2 aromatic rings. The largest absolute Gasteiger partial charge is 0.497 e. The number of rotatable bonds is 10. The summed E-state index contributed by atoms with van der Waals surface area (Å²) in [7, 11) is -2.14. The molecule has 2 rings (SSSR count). The molecule has 6 nitrogen and oxygen atoms in total. The number of nitrogens with zero attached hydrogens (tertiary/aromatic N) is 1. The van der Waals surface area contributed by atoms with E-state index in [0.29, 0.717) is 23.8 Å². The van der Waals surface area contributed by atoms with Gasteiger partial charge in [0.2, 0.25) is 15.9 Å². The molecule has 0 unspecified atom stereocenters. The number of anilines is 1.